The van der Waals surface area contributed by atoms with Gasteiger partial charge in [0, 0.05) is 18.8 Å². The van der Waals surface area contributed by atoms with Crippen molar-refractivity contribution in [3.8, 4) is 6.07 Å². The van der Waals surface area contributed by atoms with Crippen LogP contribution in [0.15, 0.2) is 18.2 Å². The molecule has 0 bridgehead atoms. The number of hydrogen-bond acceptors (Lipinski definition) is 2. The predicted molar refractivity (Wildman–Crippen MR) is 76.0 cm³/mol. The SMILES string of the molecule is CCC1(CC)CCN(c2ccc(C#N)c(C(F)(F)F)c2)C1. The van der Waals surface area contributed by atoms with Crippen LogP contribution in [0.25, 0.3) is 0 Å². The predicted octanol–water partition coefficient (Wildman–Crippen LogP) is 4.59. The van der Waals surface area contributed by atoms with E-state index in [1.807, 2.05) is 4.90 Å². The normalized spacial score (nSPS) is 17.8. The van der Waals surface area contributed by atoms with Crippen molar-refractivity contribution >= 4 is 5.69 Å². The third-order valence-corrected chi connectivity index (χ3v) is 4.73. The second kappa shape index (κ2) is 5.59. The molecule has 1 aromatic carbocycles. The first kappa shape index (κ1) is 15.7. The fourth-order valence-electron chi connectivity index (χ4n) is 3.04. The van der Waals surface area contributed by atoms with Crippen LogP contribution in [-0.4, -0.2) is 13.1 Å². The first-order chi connectivity index (χ1) is 9.85. The van der Waals surface area contributed by atoms with E-state index in [-0.39, 0.29) is 11.0 Å². The van der Waals surface area contributed by atoms with Crippen molar-refractivity contribution in [1.82, 2.24) is 0 Å². The van der Waals surface area contributed by atoms with Gasteiger partial charge >= 0.3 is 6.18 Å². The number of rotatable bonds is 3. The van der Waals surface area contributed by atoms with E-state index >= 15 is 0 Å². The zero-order chi connectivity index (χ0) is 15.7. The maximum Gasteiger partial charge on any atom is 0.417 e. The zero-order valence-corrected chi connectivity index (χ0v) is 12.3. The highest BCUT2D eigenvalue weighted by molar-refractivity contribution is 5.55. The van der Waals surface area contributed by atoms with Crippen molar-refractivity contribution in [1.29, 1.82) is 5.26 Å². The Bertz CT molecular complexity index is 554. The Labute approximate surface area is 123 Å². The highest BCUT2D eigenvalue weighted by atomic mass is 19.4. The molecule has 0 N–H and O–H groups in total. The lowest BCUT2D eigenvalue weighted by atomic mass is 9.82. The smallest absolute Gasteiger partial charge is 0.371 e. The van der Waals surface area contributed by atoms with Crippen molar-refractivity contribution in [2.75, 3.05) is 18.0 Å². The third kappa shape index (κ3) is 2.99. The minimum absolute atomic E-state index is 0.201. The van der Waals surface area contributed by atoms with Crippen LogP contribution in [-0.2, 0) is 6.18 Å². The summed E-state index contributed by atoms with van der Waals surface area (Å²) in [4.78, 5) is 2.00. The second-order valence-electron chi connectivity index (χ2n) is 5.72. The van der Waals surface area contributed by atoms with Crippen LogP contribution in [0, 0.1) is 16.7 Å². The van der Waals surface area contributed by atoms with E-state index in [0.717, 1.165) is 38.4 Å². The van der Waals surface area contributed by atoms with Crippen molar-refractivity contribution in [3.05, 3.63) is 29.3 Å². The van der Waals surface area contributed by atoms with E-state index in [1.54, 1.807) is 12.1 Å². The summed E-state index contributed by atoms with van der Waals surface area (Å²) >= 11 is 0. The van der Waals surface area contributed by atoms with E-state index < -0.39 is 11.7 Å². The van der Waals surface area contributed by atoms with Gasteiger partial charge in [0.2, 0.25) is 0 Å². The summed E-state index contributed by atoms with van der Waals surface area (Å²) in [5.41, 5.74) is -0.396. The van der Waals surface area contributed by atoms with E-state index in [0.29, 0.717) is 5.69 Å². The second-order valence-corrected chi connectivity index (χ2v) is 5.72. The lowest BCUT2D eigenvalue weighted by Gasteiger charge is -2.27. The van der Waals surface area contributed by atoms with Crippen molar-refractivity contribution in [2.45, 2.75) is 39.3 Å². The van der Waals surface area contributed by atoms with Crippen LogP contribution >= 0.6 is 0 Å². The summed E-state index contributed by atoms with van der Waals surface area (Å²) in [6.45, 7) is 5.81. The number of benzene rings is 1. The first-order valence-electron chi connectivity index (χ1n) is 7.21. The lowest BCUT2D eigenvalue weighted by Crippen LogP contribution is -2.26. The fraction of sp³-hybridized carbons (Fsp3) is 0.562. The Morgan fingerprint density at radius 1 is 1.29 bits per heavy atom. The summed E-state index contributed by atoms with van der Waals surface area (Å²) in [5.74, 6) is 0. The number of hydrogen-bond donors (Lipinski definition) is 0. The standard InChI is InChI=1S/C16H19F3N2/c1-3-15(4-2)7-8-21(11-15)13-6-5-12(10-20)14(9-13)16(17,18)19/h5-6,9H,3-4,7-8,11H2,1-2H3. The molecular formula is C16H19F3N2. The van der Waals surface area contributed by atoms with E-state index in [1.165, 1.54) is 6.07 Å². The molecule has 2 nitrogen and oxygen atoms in total. The molecule has 1 fully saturated rings. The molecular weight excluding hydrogens is 277 g/mol. The van der Waals surface area contributed by atoms with E-state index in [2.05, 4.69) is 13.8 Å². The molecule has 1 aliphatic rings. The van der Waals surface area contributed by atoms with Crippen molar-refractivity contribution < 1.29 is 13.2 Å². The number of anilines is 1. The highest BCUT2D eigenvalue weighted by Gasteiger charge is 2.37. The quantitative estimate of drug-likeness (QED) is 0.815. The summed E-state index contributed by atoms with van der Waals surface area (Å²) < 4.78 is 39.1. The summed E-state index contributed by atoms with van der Waals surface area (Å²) in [6, 6.07) is 5.63. The Balaban J connectivity index is 2.33. The highest BCUT2D eigenvalue weighted by Crippen LogP contribution is 2.41. The van der Waals surface area contributed by atoms with Crippen LogP contribution in [0.3, 0.4) is 0 Å². The molecule has 21 heavy (non-hydrogen) atoms. The monoisotopic (exact) mass is 296 g/mol. The molecule has 0 aromatic heterocycles. The van der Waals surface area contributed by atoms with Crippen LogP contribution in [0.5, 0.6) is 0 Å². The number of halogens is 3. The van der Waals surface area contributed by atoms with Crippen molar-refractivity contribution in [3.63, 3.8) is 0 Å². The minimum Gasteiger partial charge on any atom is -0.371 e. The number of nitrogens with zero attached hydrogens (tertiary/aromatic N) is 2. The summed E-state index contributed by atoms with van der Waals surface area (Å²) in [5, 5.41) is 8.83. The van der Waals surface area contributed by atoms with Gasteiger partial charge in [0.25, 0.3) is 0 Å². The Morgan fingerprint density at radius 2 is 1.95 bits per heavy atom. The van der Waals surface area contributed by atoms with E-state index in [4.69, 9.17) is 5.26 Å². The maximum absolute atomic E-state index is 13.0. The van der Waals surface area contributed by atoms with Gasteiger partial charge in [0.1, 0.15) is 0 Å². The molecule has 1 saturated heterocycles. The molecule has 0 radical (unpaired) electrons. The Morgan fingerprint density at radius 3 is 2.43 bits per heavy atom. The lowest BCUT2D eigenvalue weighted by molar-refractivity contribution is -0.137. The maximum atomic E-state index is 13.0. The molecule has 0 aliphatic carbocycles. The van der Waals surface area contributed by atoms with Gasteiger partial charge in [0.15, 0.2) is 0 Å². The minimum atomic E-state index is -4.49. The average molecular weight is 296 g/mol. The zero-order valence-electron chi connectivity index (χ0n) is 12.3. The fourth-order valence-corrected chi connectivity index (χ4v) is 3.04. The molecule has 0 saturated carbocycles. The molecule has 0 amide bonds. The van der Waals surface area contributed by atoms with Crippen molar-refractivity contribution in [2.24, 2.45) is 5.41 Å². The van der Waals surface area contributed by atoms with Crippen LogP contribution in [0.2, 0.25) is 0 Å². The van der Waals surface area contributed by atoms with Crippen LogP contribution < -0.4 is 4.90 Å². The molecule has 1 aromatic rings. The Kier molecular flexibility index (Phi) is 4.18. The van der Waals surface area contributed by atoms with Crippen LogP contribution in [0.1, 0.15) is 44.2 Å². The topological polar surface area (TPSA) is 27.0 Å². The molecule has 1 heterocycles. The van der Waals surface area contributed by atoms with Gasteiger partial charge < -0.3 is 4.90 Å². The molecule has 5 heteroatoms. The van der Waals surface area contributed by atoms with Gasteiger partial charge in [-0.1, -0.05) is 13.8 Å². The van der Waals surface area contributed by atoms with Gasteiger partial charge in [0.05, 0.1) is 17.2 Å². The molecule has 0 unspecified atom stereocenters. The third-order valence-electron chi connectivity index (χ3n) is 4.73. The number of alkyl halides is 3. The van der Waals surface area contributed by atoms with Gasteiger partial charge in [-0.25, -0.2) is 0 Å². The summed E-state index contributed by atoms with van der Waals surface area (Å²) in [7, 11) is 0. The molecule has 1 aliphatic heterocycles. The molecule has 2 rings (SSSR count). The summed E-state index contributed by atoms with van der Waals surface area (Å²) in [6.07, 6.45) is -1.43. The first-order valence-corrected chi connectivity index (χ1v) is 7.21. The molecule has 0 spiro atoms. The van der Waals surface area contributed by atoms with Gasteiger partial charge in [-0.05, 0) is 42.9 Å². The van der Waals surface area contributed by atoms with E-state index in [9.17, 15) is 13.2 Å². The number of nitriles is 1. The molecule has 114 valence electrons. The van der Waals surface area contributed by atoms with Gasteiger partial charge in [-0.3, -0.25) is 0 Å². The molecule has 0 atom stereocenters. The van der Waals surface area contributed by atoms with Gasteiger partial charge in [-0.2, -0.15) is 18.4 Å². The van der Waals surface area contributed by atoms with Gasteiger partial charge in [-0.15, -0.1) is 0 Å². The van der Waals surface area contributed by atoms with Crippen LogP contribution in [0.4, 0.5) is 18.9 Å². The Hall–Kier alpha value is -1.70. The average Bonchev–Trinajstić information content (AvgIpc) is 2.91. The largest absolute Gasteiger partial charge is 0.417 e.